The Hall–Kier alpha value is -1.55. The Labute approximate surface area is 365 Å². The highest BCUT2D eigenvalue weighted by atomic mass is 16.7. The predicted octanol–water partition coefficient (Wildman–Crippen LogP) is 7.11. The topological polar surface area (TPSA) is 182 Å². The molecule has 3 heterocycles. The Morgan fingerprint density at radius 1 is 0.817 bits per heavy atom. The SMILES string of the molecule is C1CCC1.CC.CC.CC(=O)C1CC1CN(C)C1CC(C)OC(O)C1.CO.COC1CC[C@H](O[C@H]2CC(C)CC(C)O2)C(C)C(=O)OC[C@@](C)(O)C(O)C(C)C(=O)[C@H](C)C1. The second-order valence-electron chi connectivity index (χ2n) is 17.7. The van der Waals surface area contributed by atoms with E-state index in [9.17, 15) is 29.7 Å². The van der Waals surface area contributed by atoms with Crippen LogP contribution in [0.5, 0.6) is 0 Å². The number of carbonyl (C=O) groups excluding carboxylic acids is 3. The summed E-state index contributed by atoms with van der Waals surface area (Å²) in [5.74, 6) is -0.856. The predicted molar refractivity (Wildman–Crippen MR) is 236 cm³/mol. The molecule has 11 unspecified atom stereocenters. The van der Waals surface area contributed by atoms with Crippen LogP contribution in [-0.4, -0.2) is 132 Å². The van der Waals surface area contributed by atoms with E-state index < -0.39 is 54.8 Å². The fraction of sp³-hybridized carbons (Fsp3) is 0.936. The van der Waals surface area contributed by atoms with Crippen molar-refractivity contribution in [1.29, 1.82) is 0 Å². The molecule has 0 amide bonds. The van der Waals surface area contributed by atoms with Crippen molar-refractivity contribution in [2.75, 3.05) is 34.4 Å². The molecular weight excluding hydrogens is 771 g/mol. The molecule has 356 valence electrons. The molecule has 2 aliphatic carbocycles. The lowest BCUT2D eigenvalue weighted by Gasteiger charge is -2.37. The first-order valence-electron chi connectivity index (χ1n) is 23.3. The summed E-state index contributed by atoms with van der Waals surface area (Å²) in [6.07, 6.45) is 9.13. The van der Waals surface area contributed by atoms with Crippen molar-refractivity contribution in [3.8, 4) is 0 Å². The molecular formula is C47H91NO12. The van der Waals surface area contributed by atoms with Gasteiger partial charge in [-0.15, -0.1) is 0 Å². The van der Waals surface area contributed by atoms with E-state index in [1.807, 2.05) is 48.5 Å². The monoisotopic (exact) mass is 862 g/mol. The van der Waals surface area contributed by atoms with E-state index in [4.69, 9.17) is 28.8 Å². The fourth-order valence-corrected chi connectivity index (χ4v) is 8.17. The lowest BCUT2D eigenvalue weighted by Crippen LogP contribution is -2.51. The second-order valence-corrected chi connectivity index (χ2v) is 17.7. The Bertz CT molecular complexity index is 1140. The number of esters is 1. The maximum Gasteiger partial charge on any atom is 0.311 e. The van der Waals surface area contributed by atoms with E-state index >= 15 is 0 Å². The Kier molecular flexibility index (Phi) is 29.7. The van der Waals surface area contributed by atoms with E-state index in [0.717, 1.165) is 39.3 Å². The molecule has 60 heavy (non-hydrogen) atoms. The first-order valence-corrected chi connectivity index (χ1v) is 23.3. The number of carbonyl (C=O) groups is 3. The van der Waals surface area contributed by atoms with Gasteiger partial charge in [0.15, 0.2) is 12.6 Å². The number of methoxy groups -OCH3 is 1. The van der Waals surface area contributed by atoms with Crippen LogP contribution in [0.4, 0.5) is 0 Å². The van der Waals surface area contributed by atoms with Crippen molar-refractivity contribution < 1.29 is 58.5 Å². The lowest BCUT2D eigenvalue weighted by molar-refractivity contribution is -0.231. The van der Waals surface area contributed by atoms with Crippen molar-refractivity contribution in [2.45, 2.75) is 215 Å². The van der Waals surface area contributed by atoms with Crippen LogP contribution in [0.3, 0.4) is 0 Å². The first kappa shape index (κ1) is 58.5. The minimum atomic E-state index is -1.76. The lowest BCUT2D eigenvalue weighted by atomic mass is 9.81. The Balaban J connectivity index is 0.00000106. The molecule has 0 aromatic heterocycles. The molecule has 5 aliphatic rings. The fourth-order valence-electron chi connectivity index (χ4n) is 8.17. The molecule has 4 N–H and O–H groups in total. The van der Waals surface area contributed by atoms with E-state index in [0.29, 0.717) is 55.3 Å². The van der Waals surface area contributed by atoms with Gasteiger partial charge in [0.05, 0.1) is 36.4 Å². The molecule has 5 rings (SSSR count). The van der Waals surface area contributed by atoms with Crippen LogP contribution in [-0.2, 0) is 38.1 Å². The van der Waals surface area contributed by atoms with Crippen LogP contribution in [0, 0.1) is 35.5 Å². The smallest absolute Gasteiger partial charge is 0.311 e. The summed E-state index contributed by atoms with van der Waals surface area (Å²) in [6.45, 7) is 22.9. The number of aliphatic hydroxyl groups is 4. The molecule has 0 bridgehead atoms. The number of hydrogen-bond acceptors (Lipinski definition) is 13. The molecule has 15 atom stereocenters. The second kappa shape index (κ2) is 30.5. The van der Waals surface area contributed by atoms with E-state index in [2.05, 4.69) is 18.9 Å². The van der Waals surface area contributed by atoms with Gasteiger partial charge in [-0.1, -0.05) is 74.1 Å². The van der Waals surface area contributed by atoms with Crippen LogP contribution >= 0.6 is 0 Å². The van der Waals surface area contributed by atoms with Crippen LogP contribution in [0.15, 0.2) is 0 Å². The maximum atomic E-state index is 12.9. The van der Waals surface area contributed by atoms with Gasteiger partial charge < -0.3 is 49.0 Å². The summed E-state index contributed by atoms with van der Waals surface area (Å²) in [7, 11) is 4.69. The van der Waals surface area contributed by atoms with E-state index in [-0.39, 0.29) is 30.0 Å². The van der Waals surface area contributed by atoms with Gasteiger partial charge in [0.25, 0.3) is 0 Å². The van der Waals surface area contributed by atoms with Gasteiger partial charge in [0.2, 0.25) is 0 Å². The minimum absolute atomic E-state index is 0.0803. The molecule has 3 saturated heterocycles. The summed E-state index contributed by atoms with van der Waals surface area (Å²) in [5, 5.41) is 38.0. The zero-order valence-electron chi connectivity index (χ0n) is 40.5. The van der Waals surface area contributed by atoms with Crippen molar-refractivity contribution in [2.24, 2.45) is 35.5 Å². The van der Waals surface area contributed by atoms with Gasteiger partial charge in [0.1, 0.15) is 23.8 Å². The summed E-state index contributed by atoms with van der Waals surface area (Å²) >= 11 is 0. The third kappa shape index (κ3) is 20.8. The van der Waals surface area contributed by atoms with Gasteiger partial charge in [-0.2, -0.15) is 0 Å². The first-order chi connectivity index (χ1) is 28.3. The van der Waals surface area contributed by atoms with Crippen molar-refractivity contribution in [1.82, 2.24) is 4.90 Å². The third-order valence-corrected chi connectivity index (χ3v) is 12.3. The molecule has 0 radical (unpaired) electrons. The van der Waals surface area contributed by atoms with Gasteiger partial charge >= 0.3 is 5.97 Å². The van der Waals surface area contributed by atoms with Gasteiger partial charge in [-0.3, -0.25) is 14.4 Å². The van der Waals surface area contributed by atoms with Gasteiger partial charge in [-0.05, 0) is 92.0 Å². The number of ether oxygens (including phenoxy) is 5. The van der Waals surface area contributed by atoms with E-state index in [1.165, 1.54) is 32.6 Å². The number of ketones is 2. The van der Waals surface area contributed by atoms with Crippen molar-refractivity contribution >= 4 is 17.5 Å². The zero-order chi connectivity index (χ0) is 46.3. The number of cyclic esters (lactones) is 1. The maximum absolute atomic E-state index is 12.9. The van der Waals surface area contributed by atoms with Crippen LogP contribution in [0.1, 0.15) is 160 Å². The van der Waals surface area contributed by atoms with Crippen LogP contribution < -0.4 is 0 Å². The highest BCUT2D eigenvalue weighted by molar-refractivity contribution is 5.83. The quantitative estimate of drug-likeness (QED) is 0.190. The molecule has 2 saturated carbocycles. The average Bonchev–Trinajstić information content (AvgIpc) is 3.97. The summed E-state index contributed by atoms with van der Waals surface area (Å²) in [4.78, 5) is 39.3. The molecule has 0 spiro atoms. The number of Topliss-reactive ketones (excluding diaryl/α,β-unsaturated/α-hetero) is 2. The summed E-state index contributed by atoms with van der Waals surface area (Å²) in [6, 6.07) is 0.377. The highest BCUT2D eigenvalue weighted by Crippen LogP contribution is 2.40. The average molecular weight is 862 g/mol. The van der Waals surface area contributed by atoms with E-state index in [1.54, 1.807) is 27.9 Å². The highest BCUT2D eigenvalue weighted by Gasteiger charge is 2.43. The van der Waals surface area contributed by atoms with Crippen molar-refractivity contribution in [3.05, 3.63) is 0 Å². The molecule has 5 fully saturated rings. The molecule has 3 aliphatic heterocycles. The largest absolute Gasteiger partial charge is 0.462 e. The normalized spacial score (nSPS) is 38.3. The standard InChI is InChI=1S/C25H44O8.C13H23NO3.C4H8.2C2H6.CH4O/c1-14-10-16(3)32-21(11-14)33-20-9-8-19(30-7)12-15(2)22(26)18(5)23(27)25(6,29)13-31-24(28)17(20)4;1-8-4-11(6-13(16)17-8)14(3)7-10-5-12(10)9(2)15;1-2-4-3-1;3*1-2/h14-21,23,27,29H,8-13H2,1-7H3;8,10-13,16H,4-7H2,1-3H3;1-4H2;2*1-2H3;2H,1H3/t14?,15-,16?,17?,18?,19?,20+,21+,23?,25-;;;;;/m1...../s1. The molecule has 0 aromatic rings. The molecule has 13 nitrogen and oxygen atoms in total. The van der Waals surface area contributed by atoms with Crippen LogP contribution in [0.2, 0.25) is 0 Å². The number of nitrogens with zero attached hydrogens (tertiary/aromatic N) is 1. The van der Waals surface area contributed by atoms with Crippen molar-refractivity contribution in [3.63, 3.8) is 0 Å². The number of hydrogen-bond donors (Lipinski definition) is 4. The number of rotatable bonds is 7. The minimum Gasteiger partial charge on any atom is -0.462 e. The third-order valence-electron chi connectivity index (χ3n) is 12.3. The zero-order valence-corrected chi connectivity index (χ0v) is 40.5. The van der Waals surface area contributed by atoms with Gasteiger partial charge in [0, 0.05) is 57.4 Å². The number of aliphatic hydroxyl groups excluding tert-OH is 3. The Morgan fingerprint density at radius 2 is 1.38 bits per heavy atom. The summed E-state index contributed by atoms with van der Waals surface area (Å²) in [5.41, 5.74) is -1.76. The summed E-state index contributed by atoms with van der Waals surface area (Å²) < 4.78 is 28.6. The Morgan fingerprint density at radius 3 is 1.87 bits per heavy atom. The molecule has 13 heteroatoms. The molecule has 0 aromatic carbocycles. The van der Waals surface area contributed by atoms with Gasteiger partial charge in [-0.25, -0.2) is 0 Å². The van der Waals surface area contributed by atoms with Crippen LogP contribution in [0.25, 0.3) is 0 Å².